The number of hydrogen-bond donors (Lipinski definition) is 7. The van der Waals surface area contributed by atoms with Crippen molar-refractivity contribution in [2.75, 3.05) is 13.2 Å². The molecule has 2 saturated heterocycles. The van der Waals surface area contributed by atoms with E-state index in [9.17, 15) is 35.7 Å². The number of aliphatic hydroxyl groups is 7. The van der Waals surface area contributed by atoms with E-state index in [2.05, 4.69) is 0 Å². The van der Waals surface area contributed by atoms with E-state index in [4.69, 9.17) is 18.9 Å². The molecule has 10 atom stereocenters. The van der Waals surface area contributed by atoms with Gasteiger partial charge in [-0.1, -0.05) is 66.7 Å². The molecule has 208 valence electrons. The first-order valence-electron chi connectivity index (χ1n) is 12.3. The van der Waals surface area contributed by atoms with Gasteiger partial charge in [-0.05, 0) is 16.7 Å². The first-order valence-corrected chi connectivity index (χ1v) is 12.3. The third-order valence-electron chi connectivity index (χ3n) is 6.60. The largest absolute Gasteiger partial charge is 0.394 e. The number of rotatable bonds is 9. The van der Waals surface area contributed by atoms with E-state index in [1.54, 1.807) is 0 Å². The Morgan fingerprint density at radius 3 is 1.74 bits per heavy atom. The molecule has 0 aliphatic carbocycles. The maximum atomic E-state index is 10.4. The van der Waals surface area contributed by atoms with Gasteiger partial charge in [0.05, 0.1) is 19.8 Å². The molecule has 11 heteroatoms. The van der Waals surface area contributed by atoms with Crippen LogP contribution in [0.2, 0.25) is 0 Å². The minimum atomic E-state index is -1.64. The quantitative estimate of drug-likeness (QED) is 0.196. The summed E-state index contributed by atoms with van der Waals surface area (Å²) < 4.78 is 22.0. The Morgan fingerprint density at radius 2 is 1.13 bits per heavy atom. The summed E-state index contributed by atoms with van der Waals surface area (Å²) in [7, 11) is 0. The highest BCUT2D eigenvalue weighted by Crippen LogP contribution is 2.26. The van der Waals surface area contributed by atoms with E-state index in [-0.39, 0.29) is 6.61 Å². The predicted molar refractivity (Wildman–Crippen MR) is 133 cm³/mol. The topological polar surface area (TPSA) is 179 Å². The lowest BCUT2D eigenvalue weighted by atomic mass is 9.98. The Kier molecular flexibility index (Phi) is 9.98. The van der Waals surface area contributed by atoms with Crippen molar-refractivity contribution in [3.05, 3.63) is 71.3 Å². The van der Waals surface area contributed by atoms with Crippen LogP contribution < -0.4 is 0 Å². The normalized spacial score (nSPS) is 36.0. The first-order chi connectivity index (χ1) is 18.3. The third-order valence-corrected chi connectivity index (χ3v) is 6.60. The average molecular weight is 535 g/mol. The molecule has 0 amide bonds. The highest BCUT2D eigenvalue weighted by Gasteiger charge is 2.47. The summed E-state index contributed by atoms with van der Waals surface area (Å²) >= 11 is 0. The van der Waals surface area contributed by atoms with E-state index in [1.807, 2.05) is 66.7 Å². The van der Waals surface area contributed by atoms with Crippen LogP contribution >= 0.6 is 0 Å². The smallest absolute Gasteiger partial charge is 0.187 e. The predicted octanol–water partition coefficient (Wildman–Crippen LogP) is -1.00. The second-order valence-electron chi connectivity index (χ2n) is 9.34. The monoisotopic (exact) mass is 534 g/mol. The first kappa shape index (κ1) is 28.7. The fraction of sp³-hybridized carbons (Fsp3) is 0.481. The summed E-state index contributed by atoms with van der Waals surface area (Å²) in [5.74, 6) is 0. The standard InChI is InChI=1S/C27H34O11/c28-12-18-20(29)22(31)24(33)27(37-18)36-14-19-21(30)23(32)25(34)26(38-19)35-13-17-10-8-16(9-11-17)7-6-15-4-2-1-3-5-15/h1-11,18-34H,12-14H2/b7-6-/t18-,19-,20-,21-,22+,23+,24-,25-,26-,27-/m1/s1. The van der Waals surface area contributed by atoms with E-state index in [0.717, 1.165) is 16.7 Å². The Balaban J connectivity index is 1.31. The van der Waals surface area contributed by atoms with Crippen LogP contribution in [0.4, 0.5) is 0 Å². The minimum absolute atomic E-state index is 0.0491. The highest BCUT2D eigenvalue weighted by atomic mass is 16.7. The molecule has 0 spiro atoms. The van der Waals surface area contributed by atoms with Crippen molar-refractivity contribution in [1.29, 1.82) is 0 Å². The number of benzene rings is 2. The van der Waals surface area contributed by atoms with Crippen LogP contribution in [0.5, 0.6) is 0 Å². The molecule has 2 aromatic carbocycles. The summed E-state index contributed by atoms with van der Waals surface area (Å²) in [6, 6.07) is 17.4. The minimum Gasteiger partial charge on any atom is -0.394 e. The molecule has 7 N–H and O–H groups in total. The molecule has 2 aromatic rings. The molecule has 2 heterocycles. The van der Waals surface area contributed by atoms with Gasteiger partial charge >= 0.3 is 0 Å². The Bertz CT molecular complexity index is 1020. The van der Waals surface area contributed by atoms with Crippen molar-refractivity contribution in [1.82, 2.24) is 0 Å². The molecule has 2 aliphatic heterocycles. The van der Waals surface area contributed by atoms with E-state index in [1.165, 1.54) is 0 Å². The van der Waals surface area contributed by atoms with Crippen molar-refractivity contribution in [3.63, 3.8) is 0 Å². The van der Waals surface area contributed by atoms with Crippen LogP contribution in [0, 0.1) is 0 Å². The Morgan fingerprint density at radius 1 is 0.605 bits per heavy atom. The van der Waals surface area contributed by atoms with Crippen LogP contribution in [0.1, 0.15) is 16.7 Å². The van der Waals surface area contributed by atoms with Crippen LogP contribution in [0.3, 0.4) is 0 Å². The molecule has 0 aromatic heterocycles. The molecule has 0 radical (unpaired) electrons. The van der Waals surface area contributed by atoms with Crippen LogP contribution in [-0.4, -0.2) is 110 Å². The fourth-order valence-electron chi connectivity index (χ4n) is 4.25. The van der Waals surface area contributed by atoms with E-state index < -0.39 is 74.6 Å². The summed E-state index contributed by atoms with van der Waals surface area (Å²) in [5, 5.41) is 70.2. The zero-order valence-corrected chi connectivity index (χ0v) is 20.5. The lowest BCUT2D eigenvalue weighted by molar-refractivity contribution is -0.332. The molecule has 0 saturated carbocycles. The molecule has 2 aliphatic rings. The van der Waals surface area contributed by atoms with Gasteiger partial charge in [0.25, 0.3) is 0 Å². The Hall–Kier alpha value is -2.26. The second-order valence-corrected chi connectivity index (χ2v) is 9.34. The van der Waals surface area contributed by atoms with Gasteiger partial charge in [0.15, 0.2) is 12.6 Å². The number of hydrogen-bond acceptors (Lipinski definition) is 11. The lowest BCUT2D eigenvalue weighted by Crippen LogP contribution is -2.61. The zero-order chi connectivity index (χ0) is 27.2. The van der Waals surface area contributed by atoms with Crippen molar-refractivity contribution in [2.24, 2.45) is 0 Å². The third kappa shape index (κ3) is 6.84. The van der Waals surface area contributed by atoms with Gasteiger partial charge in [0, 0.05) is 0 Å². The molecule has 2 fully saturated rings. The molecule has 4 rings (SSSR count). The van der Waals surface area contributed by atoms with E-state index >= 15 is 0 Å². The van der Waals surface area contributed by atoms with Gasteiger partial charge in [-0.2, -0.15) is 0 Å². The molecular weight excluding hydrogens is 500 g/mol. The van der Waals surface area contributed by atoms with Crippen molar-refractivity contribution in [2.45, 2.75) is 68.0 Å². The molecule has 0 bridgehead atoms. The number of aliphatic hydroxyl groups excluding tert-OH is 7. The van der Waals surface area contributed by atoms with Crippen molar-refractivity contribution >= 4 is 12.2 Å². The van der Waals surface area contributed by atoms with Gasteiger partial charge in [-0.3, -0.25) is 0 Å². The zero-order valence-electron chi connectivity index (χ0n) is 20.5. The average Bonchev–Trinajstić information content (AvgIpc) is 2.94. The van der Waals surface area contributed by atoms with Gasteiger partial charge in [-0.25, -0.2) is 0 Å². The molecule has 0 unspecified atom stereocenters. The van der Waals surface area contributed by atoms with Crippen LogP contribution in [0.15, 0.2) is 54.6 Å². The SMILES string of the molecule is OC[C@H]1O[C@@H](OC[C@H]2O[C@@H](OCc3ccc(/C=C\c4ccccc4)cc3)[C@H](O)[C@@H](O)[C@@H]2O)[C@H](O)[C@@H](O)[C@@H]1O. The maximum Gasteiger partial charge on any atom is 0.187 e. The fourth-order valence-corrected chi connectivity index (χ4v) is 4.25. The second kappa shape index (κ2) is 13.2. The van der Waals surface area contributed by atoms with E-state index in [0.29, 0.717) is 0 Å². The van der Waals surface area contributed by atoms with Gasteiger partial charge < -0.3 is 54.7 Å². The van der Waals surface area contributed by atoms with Crippen LogP contribution in [0.25, 0.3) is 12.2 Å². The summed E-state index contributed by atoms with van der Waals surface area (Å²) in [6.45, 7) is -0.998. The van der Waals surface area contributed by atoms with Crippen LogP contribution in [-0.2, 0) is 25.6 Å². The van der Waals surface area contributed by atoms with Gasteiger partial charge in [0.1, 0.15) is 48.8 Å². The van der Waals surface area contributed by atoms with Crippen molar-refractivity contribution in [3.8, 4) is 0 Å². The molecule has 38 heavy (non-hydrogen) atoms. The summed E-state index contributed by atoms with van der Waals surface area (Å²) in [4.78, 5) is 0. The lowest BCUT2D eigenvalue weighted by Gasteiger charge is -2.42. The van der Waals surface area contributed by atoms with Crippen molar-refractivity contribution < 1.29 is 54.7 Å². The van der Waals surface area contributed by atoms with Gasteiger partial charge in [-0.15, -0.1) is 0 Å². The Labute approximate surface area is 219 Å². The molecule has 11 nitrogen and oxygen atoms in total. The summed E-state index contributed by atoms with van der Waals surface area (Å²) in [6.07, 6.45) is -10.6. The molecular formula is C27H34O11. The number of ether oxygens (including phenoxy) is 4. The van der Waals surface area contributed by atoms with Gasteiger partial charge in [0.2, 0.25) is 0 Å². The maximum absolute atomic E-state index is 10.4. The highest BCUT2D eigenvalue weighted by molar-refractivity contribution is 5.69. The summed E-state index contributed by atoms with van der Waals surface area (Å²) in [5.41, 5.74) is 2.84.